The second-order valence-corrected chi connectivity index (χ2v) is 22.1. The molecule has 9 amide bonds. The number of fused-ring (bicyclic) bond motifs is 5. The van der Waals surface area contributed by atoms with E-state index in [4.69, 9.17) is 53.2 Å². The van der Waals surface area contributed by atoms with Gasteiger partial charge in [-0.15, -0.1) is 0 Å². The Balaban J connectivity index is 1.16. The van der Waals surface area contributed by atoms with Crippen molar-refractivity contribution in [3.8, 4) is 5.75 Å². The number of carbonyl (C=O) groups is 8. The van der Waals surface area contributed by atoms with Crippen LogP contribution in [0.3, 0.4) is 0 Å². The minimum absolute atomic E-state index is 0.0944. The number of benzene rings is 2. The molecule has 0 aromatic heterocycles. The Morgan fingerprint density at radius 1 is 0.976 bits per heavy atom. The molecule has 4 heterocycles. The Bertz CT molecular complexity index is 2850. The monoisotopic (exact) mass is 1180 g/mol. The summed E-state index contributed by atoms with van der Waals surface area (Å²) in [5.74, 6) is -2.91. The van der Waals surface area contributed by atoms with E-state index in [0.717, 1.165) is 16.0 Å². The van der Waals surface area contributed by atoms with Crippen molar-refractivity contribution in [1.82, 2.24) is 31.5 Å². The van der Waals surface area contributed by atoms with Crippen LogP contribution in [0.25, 0.3) is 0 Å². The van der Waals surface area contributed by atoms with Gasteiger partial charge < -0.3 is 66.0 Å². The fourth-order valence-electron chi connectivity index (χ4n) is 10.0. The van der Waals surface area contributed by atoms with Gasteiger partial charge >= 0.3 is 18.2 Å². The van der Waals surface area contributed by atoms with Gasteiger partial charge in [0.05, 0.1) is 25.3 Å². The number of epoxide rings is 1. The summed E-state index contributed by atoms with van der Waals surface area (Å²) in [4.78, 5) is 107. The number of aliphatic hydroxyl groups is 1. The zero-order valence-electron chi connectivity index (χ0n) is 47.5. The number of nitrogens with two attached hydrogens (primary N) is 1. The Labute approximate surface area is 486 Å². The minimum atomic E-state index is -1.89. The van der Waals surface area contributed by atoms with Gasteiger partial charge in [-0.25, -0.2) is 14.4 Å². The number of aryl methyl sites for hydroxylation is 1. The molecule has 6 rings (SSSR count). The first-order valence-corrected chi connectivity index (χ1v) is 27.7. The lowest BCUT2D eigenvalue weighted by Gasteiger charge is -2.42. The molecule has 24 nitrogen and oxygen atoms in total. The second-order valence-electron chi connectivity index (χ2n) is 21.3. The Morgan fingerprint density at radius 3 is 2.34 bits per heavy atom. The summed E-state index contributed by atoms with van der Waals surface area (Å²) in [6, 6.07) is 5.45. The first kappa shape index (κ1) is 63.9. The van der Waals surface area contributed by atoms with Crippen LogP contribution >= 0.6 is 23.8 Å². The normalized spacial score (nSPS) is 25.3. The van der Waals surface area contributed by atoms with E-state index in [9.17, 15) is 43.5 Å². The van der Waals surface area contributed by atoms with Crippen LogP contribution in [0.1, 0.15) is 84.3 Å². The molecule has 10 N–H and O–H groups in total. The quantitative estimate of drug-likeness (QED) is 0.0397. The van der Waals surface area contributed by atoms with Crippen molar-refractivity contribution >= 4 is 93.7 Å². The Kier molecular flexibility index (Phi) is 21.9. The predicted octanol–water partition coefficient (Wildman–Crippen LogP) is 4.75. The number of imide groups is 1. The van der Waals surface area contributed by atoms with E-state index >= 15 is 0 Å². The summed E-state index contributed by atoms with van der Waals surface area (Å²) in [5, 5.41) is 31.7. The van der Waals surface area contributed by atoms with E-state index in [-0.39, 0.29) is 65.9 Å². The molecule has 82 heavy (non-hydrogen) atoms. The van der Waals surface area contributed by atoms with Gasteiger partial charge in [-0.2, -0.15) is 0 Å². The van der Waals surface area contributed by atoms with Crippen molar-refractivity contribution in [3.05, 3.63) is 82.4 Å². The summed E-state index contributed by atoms with van der Waals surface area (Å²) >= 11 is 12.3. The number of urea groups is 1. The number of allylic oxidation sites excluding steroid dienone is 3. The standard InChI is InChI=1S/C56H75ClN10O14S/c1-30(2)47(64-52(82)60-21-10-11-23-67-43(68)19-20-44(67)69)50(72)62-37(15-13-22-59-51(58)73)49(71)61-35-17-18-36(32(4)25-35)63-53(74)80-42-28-45(70)66(7)38-26-34(27-39(77-8)46(38)57)24-31(3)14-12-16-41(78-9)56(76)29-40(79-54(75)65-56)33(5)48-55(42,6)81-48/h12,14,16-20,25-27,30,33,37,40-42,47-48,76H,10-11,13,15,21-24,28-29H2,1-9H3,(H,61,71)(H,62,72)(H,63,74)(H,65,75)(H3,58,59,73)(H2,60,64,82)/b16-12+,31-14+/t33-,37+,40+,41-,42+,47+,48+,55+,56+/m1/s1. The lowest BCUT2D eigenvalue weighted by molar-refractivity contribution is -0.142. The lowest BCUT2D eigenvalue weighted by Crippen LogP contribution is -2.63. The van der Waals surface area contributed by atoms with Crippen LogP contribution in [-0.2, 0) is 49.3 Å². The number of anilines is 3. The number of thiocarbonyl (C=S) groups is 1. The highest BCUT2D eigenvalue weighted by Gasteiger charge is 2.64. The average molecular weight is 1180 g/mol. The molecule has 2 aromatic carbocycles. The molecule has 4 aliphatic heterocycles. The molecule has 26 heteroatoms. The molecule has 0 aliphatic carbocycles. The van der Waals surface area contributed by atoms with Gasteiger partial charge in [0.2, 0.25) is 17.7 Å². The van der Waals surface area contributed by atoms with Crippen molar-refractivity contribution in [2.45, 2.75) is 134 Å². The van der Waals surface area contributed by atoms with Crippen molar-refractivity contribution in [1.29, 1.82) is 0 Å². The van der Waals surface area contributed by atoms with E-state index in [0.29, 0.717) is 48.5 Å². The zero-order valence-corrected chi connectivity index (χ0v) is 49.0. The number of unbranched alkanes of at least 4 members (excludes halogenated alkanes) is 1. The first-order chi connectivity index (χ1) is 38.8. The van der Waals surface area contributed by atoms with E-state index < -0.39 is 96.1 Å². The number of nitrogens with one attached hydrogen (secondary N) is 7. The van der Waals surface area contributed by atoms with Crippen molar-refractivity contribution in [3.63, 3.8) is 0 Å². The van der Waals surface area contributed by atoms with Gasteiger partial charge in [-0.1, -0.05) is 56.2 Å². The smallest absolute Gasteiger partial charge is 0.412 e. The SMILES string of the molecule is COc1cc2cc(c1Cl)N(C)C(=O)C[C@H](OC(=O)Nc1ccc(NC(=O)[C@H](CCCNC(N)=O)NC(=O)[C@@H](NC(=S)NCCCCN3C(=O)C=CC3=O)C(C)C)cc1C)[C@]1(C)O[C@H]1[C@H](C)[C@@H]1C[C@@](O)(NC(=O)O1)[C@H](OC)/C=C/C=C(\C)C2. The topological polar surface area (TPSA) is 323 Å². The molecule has 0 unspecified atom stereocenters. The van der Waals surface area contributed by atoms with Gasteiger partial charge in [0, 0.05) is 69.7 Å². The van der Waals surface area contributed by atoms with Crippen LogP contribution in [0.15, 0.2) is 66.3 Å². The molecule has 0 spiro atoms. The van der Waals surface area contributed by atoms with Gasteiger partial charge in [0.15, 0.2) is 10.8 Å². The second kappa shape index (κ2) is 28.1. The van der Waals surface area contributed by atoms with Crippen LogP contribution < -0.4 is 52.6 Å². The summed E-state index contributed by atoms with van der Waals surface area (Å²) in [6.45, 7) is 11.4. The number of hydrogen-bond acceptors (Lipinski definition) is 15. The number of primary amides is 1. The molecule has 2 saturated heterocycles. The summed E-state index contributed by atoms with van der Waals surface area (Å²) in [5.41, 5.74) is 5.10. The van der Waals surface area contributed by atoms with Gasteiger partial charge in [-0.3, -0.25) is 39.5 Å². The van der Waals surface area contributed by atoms with Gasteiger partial charge in [0.1, 0.15) is 46.8 Å². The third-order valence-electron chi connectivity index (χ3n) is 14.8. The third kappa shape index (κ3) is 16.4. The minimum Gasteiger partial charge on any atom is -0.495 e. The molecule has 0 radical (unpaired) electrons. The lowest BCUT2D eigenvalue weighted by atomic mass is 9.83. The highest BCUT2D eigenvalue weighted by molar-refractivity contribution is 7.80. The highest BCUT2D eigenvalue weighted by atomic mass is 35.5. The Morgan fingerprint density at radius 2 is 1.68 bits per heavy atom. The summed E-state index contributed by atoms with van der Waals surface area (Å²) in [6.07, 6.45) is 3.23. The number of ether oxygens (including phenoxy) is 5. The van der Waals surface area contributed by atoms with E-state index in [1.54, 1.807) is 72.0 Å². The number of amides is 9. The maximum atomic E-state index is 14.4. The largest absolute Gasteiger partial charge is 0.495 e. The maximum Gasteiger partial charge on any atom is 0.412 e. The van der Waals surface area contributed by atoms with Crippen molar-refractivity contribution < 1.29 is 67.1 Å². The van der Waals surface area contributed by atoms with E-state index in [1.165, 1.54) is 43.4 Å². The van der Waals surface area contributed by atoms with Crippen LogP contribution in [0.4, 0.5) is 31.4 Å². The predicted molar refractivity (Wildman–Crippen MR) is 309 cm³/mol. The third-order valence-corrected chi connectivity index (χ3v) is 15.4. The van der Waals surface area contributed by atoms with Crippen LogP contribution in [0, 0.1) is 18.8 Å². The molecule has 9 atom stereocenters. The molecule has 2 fully saturated rings. The fraction of sp³-hybridized carbons (Fsp3) is 0.518. The van der Waals surface area contributed by atoms with Crippen LogP contribution in [-0.4, -0.2) is 152 Å². The number of hydrogen-bond donors (Lipinski definition) is 9. The summed E-state index contributed by atoms with van der Waals surface area (Å²) in [7, 11) is 4.42. The molecular weight excluding hydrogens is 1100 g/mol. The number of methoxy groups -OCH3 is 2. The van der Waals surface area contributed by atoms with Crippen molar-refractivity contribution in [2.24, 2.45) is 17.6 Å². The maximum absolute atomic E-state index is 14.4. The van der Waals surface area contributed by atoms with Crippen molar-refractivity contribution in [2.75, 3.05) is 56.4 Å². The number of halogens is 1. The number of alkyl carbamates (subject to hydrolysis) is 1. The number of nitrogens with zero attached hydrogens (tertiary/aromatic N) is 2. The highest BCUT2D eigenvalue weighted by Crippen LogP contribution is 2.49. The fourth-order valence-corrected chi connectivity index (χ4v) is 10.6. The zero-order chi connectivity index (χ0) is 60.2. The molecular formula is C56H75ClN10O14S. The molecule has 446 valence electrons. The van der Waals surface area contributed by atoms with Gasteiger partial charge in [0.25, 0.3) is 11.8 Å². The van der Waals surface area contributed by atoms with E-state index in [2.05, 4.69) is 37.2 Å². The number of rotatable bonds is 19. The molecule has 4 bridgehead atoms. The molecule has 0 saturated carbocycles. The number of carbonyl (C=O) groups excluding carboxylic acids is 8. The molecule has 4 aliphatic rings. The first-order valence-electron chi connectivity index (χ1n) is 27.0. The van der Waals surface area contributed by atoms with E-state index in [1.807, 2.05) is 13.0 Å². The molecule has 2 aromatic rings. The van der Waals surface area contributed by atoms with Gasteiger partial charge in [-0.05, 0) is 112 Å². The van der Waals surface area contributed by atoms with Crippen LogP contribution in [0.5, 0.6) is 5.75 Å². The average Bonchev–Trinajstić information content (AvgIpc) is 2.00. The Hall–Kier alpha value is -7.32. The van der Waals surface area contributed by atoms with Crippen LogP contribution in [0.2, 0.25) is 5.02 Å². The summed E-state index contributed by atoms with van der Waals surface area (Å²) < 4.78 is 29.5.